The van der Waals surface area contributed by atoms with Crippen molar-refractivity contribution in [1.82, 2.24) is 24.9 Å². The third-order valence-electron chi connectivity index (χ3n) is 6.29. The molecule has 0 bridgehead atoms. The van der Waals surface area contributed by atoms with Gasteiger partial charge in [-0.2, -0.15) is 5.10 Å². The Hall–Kier alpha value is -4.15. The van der Waals surface area contributed by atoms with Crippen molar-refractivity contribution in [3.8, 4) is 22.9 Å². The molecule has 1 aliphatic heterocycles. The number of piperidine rings is 1. The Bertz CT molecular complexity index is 1360. The van der Waals surface area contributed by atoms with E-state index in [1.807, 2.05) is 0 Å². The molecule has 0 spiro atoms. The molecule has 35 heavy (non-hydrogen) atoms. The number of benzene rings is 1. The molecule has 180 valence electrons. The van der Waals surface area contributed by atoms with Gasteiger partial charge >= 0.3 is 5.97 Å². The number of nitrogens with zero attached hydrogens (tertiary/aromatic N) is 6. The van der Waals surface area contributed by atoms with Gasteiger partial charge in [0.05, 0.1) is 24.4 Å². The average Bonchev–Trinajstić information content (AvgIpc) is 3.51. The molecule has 0 radical (unpaired) electrons. The van der Waals surface area contributed by atoms with Gasteiger partial charge in [0.15, 0.2) is 17.5 Å². The number of anilines is 1. The highest BCUT2D eigenvalue weighted by Gasteiger charge is 2.35. The van der Waals surface area contributed by atoms with Gasteiger partial charge in [0, 0.05) is 24.2 Å². The molecule has 4 aromatic rings. The zero-order chi connectivity index (χ0) is 24.5. The second-order valence-corrected chi connectivity index (χ2v) is 8.43. The highest BCUT2D eigenvalue weighted by Crippen LogP contribution is 2.31. The van der Waals surface area contributed by atoms with Gasteiger partial charge in [0.25, 0.3) is 0 Å². The number of rotatable bonds is 6. The molecule has 1 N–H and O–H groups in total. The van der Waals surface area contributed by atoms with E-state index in [4.69, 9.17) is 4.52 Å². The van der Waals surface area contributed by atoms with E-state index < -0.39 is 23.7 Å². The van der Waals surface area contributed by atoms with Crippen LogP contribution < -0.4 is 4.90 Å². The van der Waals surface area contributed by atoms with Crippen LogP contribution in [0.15, 0.2) is 53.4 Å². The summed E-state index contributed by atoms with van der Waals surface area (Å²) in [7, 11) is 0. The molecule has 2 unspecified atom stereocenters. The molecule has 0 amide bonds. The van der Waals surface area contributed by atoms with Gasteiger partial charge in [0.1, 0.15) is 23.5 Å². The average molecular weight is 480 g/mol. The van der Waals surface area contributed by atoms with E-state index in [0.29, 0.717) is 42.0 Å². The lowest BCUT2D eigenvalue weighted by atomic mass is 9.90. The Morgan fingerprint density at radius 1 is 1.20 bits per heavy atom. The minimum Gasteiger partial charge on any atom is -0.481 e. The first-order valence-electron chi connectivity index (χ1n) is 11.2. The molecule has 5 rings (SSSR count). The number of aliphatic carboxylic acids is 1. The Labute approximate surface area is 199 Å². The molecule has 2 atom stereocenters. The SMILES string of the molecule is CC1C(C(=O)O)CCCN1c1nc(-c2cc(-c3ccon3)n(Cc3ccccc3F)n2)ncc1F. The van der Waals surface area contributed by atoms with Crippen LogP contribution in [-0.2, 0) is 11.3 Å². The topological polar surface area (TPSA) is 110 Å². The van der Waals surface area contributed by atoms with Crippen LogP contribution in [-0.4, -0.2) is 48.6 Å². The van der Waals surface area contributed by atoms with E-state index in [1.54, 1.807) is 46.8 Å². The Balaban J connectivity index is 1.54. The molecule has 1 aliphatic rings. The molecule has 0 saturated carbocycles. The van der Waals surface area contributed by atoms with Crippen LogP contribution in [0.5, 0.6) is 0 Å². The van der Waals surface area contributed by atoms with Crippen molar-refractivity contribution < 1.29 is 23.2 Å². The summed E-state index contributed by atoms with van der Waals surface area (Å²) in [5.74, 6) is -2.37. The van der Waals surface area contributed by atoms with Gasteiger partial charge in [-0.3, -0.25) is 9.48 Å². The normalized spacial score (nSPS) is 18.1. The van der Waals surface area contributed by atoms with Crippen molar-refractivity contribution in [3.63, 3.8) is 0 Å². The van der Waals surface area contributed by atoms with Crippen LogP contribution in [0, 0.1) is 17.6 Å². The van der Waals surface area contributed by atoms with Crippen molar-refractivity contribution >= 4 is 11.8 Å². The second-order valence-electron chi connectivity index (χ2n) is 8.43. The first kappa shape index (κ1) is 22.6. The van der Waals surface area contributed by atoms with Crippen molar-refractivity contribution in [2.24, 2.45) is 5.92 Å². The molecule has 11 heteroatoms. The maximum absolute atomic E-state index is 14.8. The third kappa shape index (κ3) is 4.36. The number of carboxylic acids is 1. The molecule has 4 heterocycles. The minimum atomic E-state index is -0.916. The minimum absolute atomic E-state index is 0.0279. The summed E-state index contributed by atoms with van der Waals surface area (Å²) in [4.78, 5) is 21.8. The van der Waals surface area contributed by atoms with Gasteiger partial charge in [-0.15, -0.1) is 0 Å². The quantitative estimate of drug-likeness (QED) is 0.441. The maximum Gasteiger partial charge on any atom is 0.308 e. The Kier molecular flexibility index (Phi) is 5.98. The predicted molar refractivity (Wildman–Crippen MR) is 121 cm³/mol. The van der Waals surface area contributed by atoms with E-state index in [1.165, 1.54) is 12.3 Å². The van der Waals surface area contributed by atoms with Crippen LogP contribution >= 0.6 is 0 Å². The van der Waals surface area contributed by atoms with Crippen molar-refractivity contribution in [3.05, 3.63) is 66.1 Å². The number of hydrogen-bond donors (Lipinski definition) is 1. The number of carboxylic acid groups (broad SMARTS) is 1. The fourth-order valence-electron chi connectivity index (χ4n) is 4.44. The molecule has 1 aromatic carbocycles. The Morgan fingerprint density at radius 3 is 2.77 bits per heavy atom. The van der Waals surface area contributed by atoms with Crippen LogP contribution in [0.1, 0.15) is 25.3 Å². The van der Waals surface area contributed by atoms with Crippen molar-refractivity contribution in [2.75, 3.05) is 11.4 Å². The summed E-state index contributed by atoms with van der Waals surface area (Å²) in [5, 5.41) is 18.1. The third-order valence-corrected chi connectivity index (χ3v) is 6.29. The van der Waals surface area contributed by atoms with Crippen LogP contribution in [0.3, 0.4) is 0 Å². The van der Waals surface area contributed by atoms with E-state index in [2.05, 4.69) is 20.2 Å². The summed E-state index contributed by atoms with van der Waals surface area (Å²) in [5.41, 5.74) is 1.79. The highest BCUT2D eigenvalue weighted by atomic mass is 19.1. The molecular weight excluding hydrogens is 458 g/mol. The summed E-state index contributed by atoms with van der Waals surface area (Å²) in [6, 6.07) is 9.25. The largest absolute Gasteiger partial charge is 0.481 e. The molecule has 1 fully saturated rings. The smallest absolute Gasteiger partial charge is 0.308 e. The van der Waals surface area contributed by atoms with E-state index in [-0.39, 0.29) is 24.0 Å². The second kappa shape index (κ2) is 9.24. The highest BCUT2D eigenvalue weighted by molar-refractivity contribution is 5.72. The van der Waals surface area contributed by atoms with E-state index in [9.17, 15) is 18.7 Å². The fraction of sp³-hybridized carbons (Fsp3) is 0.292. The molecule has 3 aromatic heterocycles. The fourth-order valence-corrected chi connectivity index (χ4v) is 4.44. The first-order chi connectivity index (χ1) is 16.9. The molecule has 9 nitrogen and oxygen atoms in total. The number of carbonyl (C=O) groups is 1. The van der Waals surface area contributed by atoms with Gasteiger partial charge in [-0.05, 0) is 31.9 Å². The van der Waals surface area contributed by atoms with Gasteiger partial charge in [0.2, 0.25) is 0 Å². The van der Waals surface area contributed by atoms with Crippen LogP contribution in [0.2, 0.25) is 0 Å². The summed E-state index contributed by atoms with van der Waals surface area (Å²) in [6.45, 7) is 2.35. The monoisotopic (exact) mass is 480 g/mol. The van der Waals surface area contributed by atoms with Gasteiger partial charge < -0.3 is 14.5 Å². The first-order valence-corrected chi connectivity index (χ1v) is 11.2. The van der Waals surface area contributed by atoms with Gasteiger partial charge in [-0.25, -0.2) is 18.7 Å². The lowest BCUT2D eigenvalue weighted by Crippen LogP contribution is -2.47. The molecule has 0 aliphatic carbocycles. The summed E-state index contributed by atoms with van der Waals surface area (Å²) >= 11 is 0. The molecular formula is C24H22F2N6O3. The zero-order valence-electron chi connectivity index (χ0n) is 18.8. The van der Waals surface area contributed by atoms with Crippen molar-refractivity contribution in [2.45, 2.75) is 32.4 Å². The number of hydrogen-bond acceptors (Lipinski definition) is 7. The molecule has 1 saturated heterocycles. The van der Waals surface area contributed by atoms with Crippen molar-refractivity contribution in [1.29, 1.82) is 0 Å². The summed E-state index contributed by atoms with van der Waals surface area (Å²) in [6.07, 6.45) is 3.60. The van der Waals surface area contributed by atoms with Crippen LogP contribution in [0.4, 0.5) is 14.6 Å². The van der Waals surface area contributed by atoms with Crippen LogP contribution in [0.25, 0.3) is 22.9 Å². The number of halogens is 2. The lowest BCUT2D eigenvalue weighted by Gasteiger charge is -2.38. The lowest BCUT2D eigenvalue weighted by molar-refractivity contribution is -0.143. The summed E-state index contributed by atoms with van der Waals surface area (Å²) < 4.78 is 35.7. The zero-order valence-corrected chi connectivity index (χ0v) is 18.8. The predicted octanol–water partition coefficient (Wildman–Crippen LogP) is 4.01. The standard InChI is InChI=1S/C24H22F2N6O3/c1-14-16(24(33)34)6-4-9-31(14)23-18(26)12-27-22(28-23)20-11-21(19-8-10-35-30-19)32(29-20)13-15-5-2-3-7-17(15)25/h2-3,5,7-8,10-12,14,16H,4,6,9,13H2,1H3,(H,33,34). The maximum atomic E-state index is 14.8. The Morgan fingerprint density at radius 2 is 2.03 bits per heavy atom. The van der Waals surface area contributed by atoms with E-state index >= 15 is 0 Å². The van der Waals surface area contributed by atoms with Gasteiger partial charge in [-0.1, -0.05) is 23.4 Å². The number of aromatic nitrogens is 5. The van der Waals surface area contributed by atoms with E-state index in [0.717, 1.165) is 6.20 Å².